The van der Waals surface area contributed by atoms with E-state index in [2.05, 4.69) is 19.9 Å². The fourth-order valence-electron chi connectivity index (χ4n) is 5.97. The van der Waals surface area contributed by atoms with E-state index in [1.54, 1.807) is 24.8 Å². The monoisotopic (exact) mass is 1350 g/mol. The molecule has 82 heavy (non-hydrogen) atoms. The van der Waals surface area contributed by atoms with E-state index in [9.17, 15) is 52.7 Å². The van der Waals surface area contributed by atoms with E-state index in [0.717, 1.165) is 67.4 Å². The Morgan fingerprint density at radius 2 is 0.476 bits per heavy atom. The molecule has 0 unspecified atom stereocenters. The molecule has 0 aliphatic carbocycles. The van der Waals surface area contributed by atoms with Gasteiger partial charge in [-0.1, -0.05) is 12.1 Å². The SMILES string of the molecule is O=S(=O)([O-])C(F)(F)F.O=S(=O)([O-])C(F)(F)F.O=S(=O)([O-])C(F)(F)F.O=S(=O)([O-])C(F)(F)F.[Zn+2].[Zn+2].c1cc(-n2ccc3cccnc32)nc(-n2ccc3cccnc32)c1.c1cc(-n2ccc3cccnc32)nc(-n2ccc3cccnc32)c1. The second kappa shape index (κ2) is 27.0. The summed E-state index contributed by atoms with van der Waals surface area (Å²) in [5.41, 5.74) is -19.0. The summed E-state index contributed by atoms with van der Waals surface area (Å²) in [6.45, 7) is 0. The van der Waals surface area contributed by atoms with Crippen LogP contribution in [0.2, 0.25) is 0 Å². The molecule has 10 aromatic heterocycles. The zero-order valence-corrected chi connectivity index (χ0v) is 49.2. The molecule has 0 spiro atoms. The molecule has 40 heteroatoms. The average Bonchev–Trinajstić information content (AvgIpc) is 4.33. The van der Waals surface area contributed by atoms with Gasteiger partial charge in [0.1, 0.15) is 45.9 Å². The smallest absolute Gasteiger partial charge is 0.741 e. The van der Waals surface area contributed by atoms with Crippen LogP contribution in [0.3, 0.4) is 0 Å². The van der Waals surface area contributed by atoms with Crippen LogP contribution in [-0.2, 0) is 79.4 Å². The summed E-state index contributed by atoms with van der Waals surface area (Å²) >= 11 is 0. The van der Waals surface area contributed by atoms with Gasteiger partial charge in [0.15, 0.2) is 40.5 Å². The topological polar surface area (TPSA) is 326 Å². The predicted molar refractivity (Wildman–Crippen MR) is 250 cm³/mol. The van der Waals surface area contributed by atoms with Crippen LogP contribution in [0.15, 0.2) is 159 Å². The first-order valence-electron chi connectivity index (χ1n) is 20.5. The zero-order valence-electron chi connectivity index (χ0n) is 40.0. The molecule has 0 aliphatic heterocycles. The molecule has 10 aromatic rings. The van der Waals surface area contributed by atoms with Crippen LogP contribution in [0.25, 0.3) is 67.4 Å². The van der Waals surface area contributed by atoms with Gasteiger partial charge < -0.3 is 18.2 Å². The Balaban J connectivity index is 0.000000282. The fourth-order valence-corrected chi connectivity index (χ4v) is 5.97. The zero-order chi connectivity index (χ0) is 59.9. The van der Waals surface area contributed by atoms with Gasteiger partial charge in [0, 0.05) is 71.1 Å². The number of alkyl halides is 12. The van der Waals surface area contributed by atoms with E-state index in [-0.39, 0.29) is 39.0 Å². The van der Waals surface area contributed by atoms with Gasteiger partial charge >= 0.3 is 61.0 Å². The number of aromatic nitrogens is 10. The summed E-state index contributed by atoms with van der Waals surface area (Å²) in [5.74, 6) is 3.33. The molecule has 0 aliphatic rings. The van der Waals surface area contributed by atoms with Gasteiger partial charge in [0.25, 0.3) is 0 Å². The first kappa shape index (κ1) is 69.4. The van der Waals surface area contributed by atoms with Crippen LogP contribution in [0, 0.1) is 0 Å². The summed E-state index contributed by atoms with van der Waals surface area (Å²) in [4.78, 5) is 27.5. The van der Waals surface area contributed by atoms with Gasteiger partial charge in [0.2, 0.25) is 0 Å². The Bertz CT molecular complexity index is 3720. The number of fused-ring (bicyclic) bond motifs is 4. The number of hydrogen-bond acceptors (Lipinski definition) is 18. The number of nitrogens with zero attached hydrogens (tertiary/aromatic N) is 10. The van der Waals surface area contributed by atoms with Crippen molar-refractivity contribution in [2.45, 2.75) is 22.0 Å². The van der Waals surface area contributed by atoms with Crippen LogP contribution in [-0.4, -0.2) is 122 Å². The van der Waals surface area contributed by atoms with E-state index < -0.39 is 62.5 Å². The molecule has 428 valence electrons. The molecule has 0 saturated carbocycles. The maximum atomic E-state index is 10.7. The molecule has 0 N–H and O–H groups in total. The van der Waals surface area contributed by atoms with Crippen molar-refractivity contribution in [1.29, 1.82) is 0 Å². The van der Waals surface area contributed by atoms with Crippen molar-refractivity contribution in [2.75, 3.05) is 0 Å². The largest absolute Gasteiger partial charge is 2.00 e. The van der Waals surface area contributed by atoms with Crippen molar-refractivity contribution in [3.63, 3.8) is 0 Å². The second-order valence-electron chi connectivity index (χ2n) is 14.7. The van der Waals surface area contributed by atoms with Crippen molar-refractivity contribution in [3.8, 4) is 23.3 Å². The molecule has 0 radical (unpaired) electrons. The van der Waals surface area contributed by atoms with Gasteiger partial charge in [0.05, 0.1) is 0 Å². The van der Waals surface area contributed by atoms with E-state index in [0.29, 0.717) is 0 Å². The van der Waals surface area contributed by atoms with E-state index in [4.69, 9.17) is 61.9 Å². The van der Waals surface area contributed by atoms with Crippen molar-refractivity contribution < 1.29 is 144 Å². The first-order valence-corrected chi connectivity index (χ1v) is 26.2. The van der Waals surface area contributed by atoms with Gasteiger partial charge in [-0.15, -0.1) is 0 Å². The van der Waals surface area contributed by atoms with E-state index >= 15 is 0 Å². The van der Waals surface area contributed by atoms with Crippen molar-refractivity contribution in [3.05, 3.63) is 159 Å². The van der Waals surface area contributed by atoms with Gasteiger partial charge in [-0.05, 0) is 97.1 Å². The number of halogens is 12. The minimum absolute atomic E-state index is 0. The first-order chi connectivity index (χ1) is 36.8. The summed E-state index contributed by atoms with van der Waals surface area (Å²) in [6.07, 6.45) is 15.2. The average molecular weight is 1350 g/mol. The van der Waals surface area contributed by atoms with Gasteiger partial charge in [-0.25, -0.2) is 63.6 Å². The summed E-state index contributed by atoms with van der Waals surface area (Å²) in [6, 6.07) is 36.1. The summed E-state index contributed by atoms with van der Waals surface area (Å²) < 4.78 is 244. The third kappa shape index (κ3) is 18.1. The van der Waals surface area contributed by atoms with Crippen LogP contribution >= 0.6 is 0 Å². The maximum Gasteiger partial charge on any atom is 2.00 e. The molecule has 0 atom stereocenters. The molecule has 0 bridgehead atoms. The second-order valence-corrected chi connectivity index (χ2v) is 20.2. The van der Waals surface area contributed by atoms with Crippen molar-refractivity contribution in [2.24, 2.45) is 0 Å². The predicted octanol–water partition coefficient (Wildman–Crippen LogP) is 7.72. The Morgan fingerprint density at radius 1 is 0.305 bits per heavy atom. The number of rotatable bonds is 4. The molecule has 0 amide bonds. The van der Waals surface area contributed by atoms with Crippen molar-refractivity contribution in [1.82, 2.24) is 48.2 Å². The van der Waals surface area contributed by atoms with Crippen molar-refractivity contribution >= 4 is 84.6 Å². The van der Waals surface area contributed by atoms with E-state index in [1.807, 2.05) is 152 Å². The molecule has 10 rings (SSSR count). The summed E-state index contributed by atoms with van der Waals surface area (Å²) in [5, 5.41) is 4.38. The van der Waals surface area contributed by atoms with E-state index in [1.165, 1.54) is 0 Å². The maximum absolute atomic E-state index is 10.7. The quantitative estimate of drug-likeness (QED) is 0.0704. The molecule has 0 saturated heterocycles. The van der Waals surface area contributed by atoms with Crippen LogP contribution in [0.4, 0.5) is 52.7 Å². The Hall–Kier alpha value is -6.89. The third-order valence-electron chi connectivity index (χ3n) is 9.35. The molecule has 0 fully saturated rings. The fraction of sp³-hybridized carbons (Fsp3) is 0.0952. The van der Waals surface area contributed by atoms with Crippen LogP contribution < -0.4 is 0 Å². The Morgan fingerprint density at radius 3 is 0.634 bits per heavy atom. The Kier molecular flexibility index (Phi) is 22.8. The molecular formula is C42H26F12N10O12S4Zn2. The van der Waals surface area contributed by atoms with Crippen LogP contribution in [0.5, 0.6) is 0 Å². The molecule has 0 aromatic carbocycles. The van der Waals surface area contributed by atoms with Crippen LogP contribution in [0.1, 0.15) is 0 Å². The third-order valence-corrected chi connectivity index (χ3v) is 11.6. The number of pyridine rings is 6. The normalized spacial score (nSPS) is 12.1. The number of hydrogen-bond donors (Lipinski definition) is 0. The van der Waals surface area contributed by atoms with Gasteiger partial charge in [-0.3, -0.25) is 18.3 Å². The standard InChI is InChI=1S/2C19H13N5.4CHF3O3S.2Zn/c2*1-6-16(23-12-8-14-4-2-10-20-18(14)23)22-17(7-1)24-13-9-15-5-3-11-21-19(15)24;4*2-1(3,4)8(5,6)7;;/h2*1-13H;4*(H,5,6,7);;/q;;;;;;2*+2/p-4. The molecule has 22 nitrogen and oxygen atoms in total. The summed E-state index contributed by atoms with van der Waals surface area (Å²) in [7, 11) is -24.4. The van der Waals surface area contributed by atoms with Gasteiger partial charge in [-0.2, -0.15) is 52.7 Å². The minimum atomic E-state index is -6.09. The minimum Gasteiger partial charge on any atom is -0.741 e. The molecule has 10 heterocycles. The molecular weight excluding hydrogens is 1320 g/mol. The Labute approximate surface area is 477 Å².